The van der Waals surface area contributed by atoms with E-state index < -0.39 is 0 Å². The molecule has 0 fully saturated rings. The second-order valence-electron chi connectivity index (χ2n) is 6.90. The number of hydrogen-bond acceptors (Lipinski definition) is 2. The van der Waals surface area contributed by atoms with E-state index in [-0.39, 0.29) is 0 Å². The summed E-state index contributed by atoms with van der Waals surface area (Å²) in [7, 11) is 0. The number of nitrogens with zero attached hydrogens (tertiary/aromatic N) is 3. The maximum Gasteiger partial charge on any atom is 0.222 e. The first kappa shape index (κ1) is 25.8. The molecule has 0 unspecified atom stereocenters. The Balaban J connectivity index is 0.000000206. The predicted molar refractivity (Wildman–Crippen MR) is 148 cm³/mol. The first-order valence-electron chi connectivity index (χ1n) is 10.8. The lowest BCUT2D eigenvalue weighted by Gasteiger charge is -2.14. The molecule has 0 N–H and O–H groups in total. The van der Waals surface area contributed by atoms with Crippen LogP contribution in [0.5, 0.6) is 0 Å². The van der Waals surface area contributed by atoms with Crippen molar-refractivity contribution in [3.05, 3.63) is 47.5 Å². The highest BCUT2D eigenvalue weighted by molar-refractivity contribution is 6.28. The number of para-hydroxylation sites is 1. The normalized spacial score (nSPS) is 8.95. The van der Waals surface area contributed by atoms with Crippen LogP contribution in [0.25, 0.3) is 22.2 Å². The highest BCUT2D eigenvalue weighted by Gasteiger charge is 2.17. The van der Waals surface area contributed by atoms with Gasteiger partial charge in [-0.1, -0.05) is 18.2 Å². The van der Waals surface area contributed by atoms with Crippen molar-refractivity contribution >= 4 is 22.5 Å². The van der Waals surface area contributed by atoms with Crippen LogP contribution in [-0.2, 0) is 13.0 Å². The van der Waals surface area contributed by atoms with Crippen LogP contribution < -0.4 is 0 Å². The molecule has 37 heavy (non-hydrogen) atoms. The molecule has 3 nitrogen and oxygen atoms in total. The van der Waals surface area contributed by atoms with Crippen LogP contribution in [-0.4, -0.2) is 14.5 Å². The van der Waals surface area contributed by atoms with Gasteiger partial charge in [-0.25, -0.2) is 9.97 Å². The summed E-state index contributed by atoms with van der Waals surface area (Å²) < 4.78 is 2.33. The summed E-state index contributed by atoms with van der Waals surface area (Å²) in [5, 5.41) is 1.55. The van der Waals surface area contributed by atoms with Crippen molar-refractivity contribution in [3.8, 4) is 119 Å². The standard InChI is InChI=1S/C18H2.C15H12ClN3/c1-3-5-7-9-11-13-15-17-18-16-14-12-10-8-6-4-2;16-15-17-7-6-13(18-15)12-9-19-8-2-4-10-3-1-5-11(12)14(10)19/h1-2H;1,3,5-7,9H,2,4,8H2. The van der Waals surface area contributed by atoms with Gasteiger partial charge in [-0.15, -0.1) is 12.8 Å². The number of aryl methyl sites for hydroxylation is 2. The smallest absolute Gasteiger partial charge is 0.222 e. The van der Waals surface area contributed by atoms with E-state index in [0.29, 0.717) is 5.28 Å². The molecule has 4 heteroatoms. The highest BCUT2D eigenvalue weighted by Crippen LogP contribution is 2.34. The lowest BCUT2D eigenvalue weighted by molar-refractivity contribution is 0.636. The van der Waals surface area contributed by atoms with Crippen LogP contribution in [0.3, 0.4) is 0 Å². The summed E-state index contributed by atoms with van der Waals surface area (Å²) in [4.78, 5) is 8.28. The first-order chi connectivity index (χ1) is 18.2. The number of halogens is 1. The number of hydrogen-bond donors (Lipinski definition) is 0. The van der Waals surface area contributed by atoms with Gasteiger partial charge in [0.15, 0.2) is 0 Å². The number of aromatic nitrogens is 3. The van der Waals surface area contributed by atoms with Crippen molar-refractivity contribution < 1.29 is 0 Å². The number of benzene rings is 1. The molecule has 168 valence electrons. The molecule has 0 saturated carbocycles. The van der Waals surface area contributed by atoms with Crippen LogP contribution >= 0.6 is 11.6 Å². The minimum absolute atomic E-state index is 0.296. The molecular weight excluding hydrogens is 474 g/mol. The Morgan fingerprint density at radius 1 is 0.757 bits per heavy atom. The summed E-state index contributed by atoms with van der Waals surface area (Å²) in [6.07, 6.45) is 16.0. The van der Waals surface area contributed by atoms with Gasteiger partial charge in [-0.2, -0.15) is 0 Å². The molecule has 0 radical (unpaired) electrons. The summed E-state index contributed by atoms with van der Waals surface area (Å²) in [5.41, 5.74) is 4.81. The summed E-state index contributed by atoms with van der Waals surface area (Å²) in [6.45, 7) is 1.08. The molecule has 0 atom stereocenters. The van der Waals surface area contributed by atoms with E-state index in [9.17, 15) is 0 Å². The van der Waals surface area contributed by atoms with Crippen molar-refractivity contribution in [3.63, 3.8) is 0 Å². The number of terminal acetylenes is 2. The Bertz CT molecular complexity index is 1810. The fourth-order valence-corrected chi connectivity index (χ4v) is 3.54. The van der Waals surface area contributed by atoms with Gasteiger partial charge in [-0.3, -0.25) is 0 Å². The van der Waals surface area contributed by atoms with Crippen LogP contribution in [0, 0.1) is 108 Å². The van der Waals surface area contributed by atoms with Gasteiger partial charge >= 0.3 is 0 Å². The van der Waals surface area contributed by atoms with Gasteiger partial charge in [0.2, 0.25) is 5.28 Å². The molecule has 0 amide bonds. The lowest BCUT2D eigenvalue weighted by Crippen LogP contribution is -2.05. The van der Waals surface area contributed by atoms with Crippen molar-refractivity contribution in [2.45, 2.75) is 19.4 Å². The Labute approximate surface area is 222 Å². The van der Waals surface area contributed by atoms with Crippen LogP contribution in [0.1, 0.15) is 12.0 Å². The maximum absolute atomic E-state index is 5.90. The average Bonchev–Trinajstić information content (AvgIpc) is 3.30. The molecule has 0 bridgehead atoms. The van der Waals surface area contributed by atoms with Crippen molar-refractivity contribution in [2.75, 3.05) is 0 Å². The largest absolute Gasteiger partial charge is 0.347 e. The highest BCUT2D eigenvalue weighted by atomic mass is 35.5. The van der Waals surface area contributed by atoms with E-state index in [2.05, 4.69) is 134 Å². The summed E-state index contributed by atoms with van der Waals surface area (Å²) in [6, 6.07) is 8.41. The van der Waals surface area contributed by atoms with Crippen molar-refractivity contribution in [1.29, 1.82) is 0 Å². The number of rotatable bonds is 1. The third kappa shape index (κ3) is 7.87. The third-order valence-electron chi connectivity index (χ3n) is 4.69. The second kappa shape index (κ2) is 14.4. The Morgan fingerprint density at radius 2 is 1.32 bits per heavy atom. The fourth-order valence-electron chi connectivity index (χ4n) is 3.39. The van der Waals surface area contributed by atoms with Gasteiger partial charge in [0, 0.05) is 29.9 Å². The molecule has 4 rings (SSSR count). The molecule has 1 aromatic carbocycles. The van der Waals surface area contributed by atoms with Gasteiger partial charge in [0.05, 0.1) is 11.2 Å². The predicted octanol–water partition coefficient (Wildman–Crippen LogP) is 3.97. The molecule has 2 aromatic heterocycles. The summed E-state index contributed by atoms with van der Waals surface area (Å²) in [5.74, 6) is 38.2. The zero-order chi connectivity index (χ0) is 26.1. The zero-order valence-corrected chi connectivity index (χ0v) is 20.2. The SMILES string of the molecule is C#CC#CC#CC#CC#CC#CC#CC#CC#C.Clc1nccc(-c2cn3c4c(cccc24)CCC3)n1. The Morgan fingerprint density at radius 3 is 1.86 bits per heavy atom. The molecule has 0 aliphatic carbocycles. The molecule has 3 aromatic rings. The maximum atomic E-state index is 5.90. The monoisotopic (exact) mass is 487 g/mol. The first-order valence-corrected chi connectivity index (χ1v) is 11.1. The second-order valence-corrected chi connectivity index (χ2v) is 7.24. The minimum Gasteiger partial charge on any atom is -0.347 e. The Hall–Kier alpha value is -5.83. The molecular formula is C33H14ClN3. The van der Waals surface area contributed by atoms with Gasteiger partial charge in [0.25, 0.3) is 0 Å². The fraction of sp³-hybridized carbons (Fsp3) is 0.0909. The molecule has 1 aliphatic heterocycles. The van der Waals surface area contributed by atoms with E-state index in [1.165, 1.54) is 22.9 Å². The van der Waals surface area contributed by atoms with E-state index >= 15 is 0 Å². The van der Waals surface area contributed by atoms with Crippen molar-refractivity contribution in [2.24, 2.45) is 0 Å². The Kier molecular flexibility index (Phi) is 10.1. The van der Waals surface area contributed by atoms with E-state index in [0.717, 1.165) is 24.2 Å². The van der Waals surface area contributed by atoms with Gasteiger partial charge in [-0.05, 0) is 131 Å². The molecule has 1 aliphatic rings. The van der Waals surface area contributed by atoms with E-state index in [1.807, 2.05) is 6.07 Å². The van der Waals surface area contributed by atoms with Crippen LogP contribution in [0.2, 0.25) is 5.28 Å². The molecule has 0 saturated heterocycles. The quantitative estimate of drug-likeness (QED) is 0.384. The minimum atomic E-state index is 0.296. The molecule has 3 heterocycles. The van der Waals surface area contributed by atoms with Crippen molar-refractivity contribution in [1.82, 2.24) is 14.5 Å². The lowest BCUT2D eigenvalue weighted by atomic mass is 10.0. The zero-order valence-electron chi connectivity index (χ0n) is 19.5. The average molecular weight is 488 g/mol. The van der Waals surface area contributed by atoms with E-state index in [4.69, 9.17) is 24.4 Å². The van der Waals surface area contributed by atoms with Crippen LogP contribution in [0.4, 0.5) is 0 Å². The topological polar surface area (TPSA) is 30.7 Å². The van der Waals surface area contributed by atoms with E-state index in [1.54, 1.807) is 6.20 Å². The van der Waals surface area contributed by atoms with Gasteiger partial charge in [0.1, 0.15) is 0 Å². The summed E-state index contributed by atoms with van der Waals surface area (Å²) >= 11 is 5.90. The third-order valence-corrected chi connectivity index (χ3v) is 4.87. The van der Waals surface area contributed by atoms with Gasteiger partial charge < -0.3 is 4.57 Å². The molecule has 0 spiro atoms. The van der Waals surface area contributed by atoms with Crippen LogP contribution in [0.15, 0.2) is 36.7 Å².